The third kappa shape index (κ3) is 11.3. The van der Waals surface area contributed by atoms with Crippen LogP contribution in [0.4, 0.5) is 26.5 Å². The second-order valence-electron chi connectivity index (χ2n) is 17.9. The minimum Gasteiger partial charge on any atom is -0.480 e. The maximum Gasteiger partial charge on any atom is 0.257 e. The molecular weight excluding hydrogens is 981 g/mol. The van der Waals surface area contributed by atoms with Crippen molar-refractivity contribution < 1.29 is 48.4 Å². The van der Waals surface area contributed by atoms with Gasteiger partial charge in [0.15, 0.2) is 17.5 Å². The van der Waals surface area contributed by atoms with Crippen LogP contribution in [-0.2, 0) is 22.5 Å². The predicted octanol–water partition coefficient (Wildman–Crippen LogP) is 0.0436. The number of rotatable bonds is 12. The van der Waals surface area contributed by atoms with Gasteiger partial charge in [-0.05, 0) is 49.2 Å². The summed E-state index contributed by atoms with van der Waals surface area (Å²) >= 11 is 0. The van der Waals surface area contributed by atoms with Crippen molar-refractivity contribution in [3.05, 3.63) is 112 Å². The molecule has 10 rings (SSSR count). The Hall–Kier alpha value is -7.76. The Morgan fingerprint density at radius 2 is 1.13 bits per heavy atom. The van der Waals surface area contributed by atoms with Gasteiger partial charge in [0.25, 0.3) is 5.88 Å². The second-order valence-corrected chi connectivity index (χ2v) is 17.9. The van der Waals surface area contributed by atoms with Crippen LogP contribution in [0.5, 0.6) is 11.8 Å². The fraction of sp³-hybridized carbons (Fsp3) is 0.375. The summed E-state index contributed by atoms with van der Waals surface area (Å²) in [6.45, 7) is 4.23. The minimum atomic E-state index is -0.963. The van der Waals surface area contributed by atoms with E-state index >= 15 is 0 Å². The summed E-state index contributed by atoms with van der Waals surface area (Å²) in [6.07, 6.45) is 1.52. The topological polar surface area (TPSA) is 372 Å². The van der Waals surface area contributed by atoms with E-state index in [0.29, 0.717) is 97.9 Å². The minimum absolute atomic E-state index is 0.0503. The van der Waals surface area contributed by atoms with Crippen LogP contribution < -0.4 is 48.3 Å². The molecule has 0 saturated carbocycles. The molecule has 75 heavy (non-hydrogen) atoms. The largest absolute Gasteiger partial charge is 0.480 e. The van der Waals surface area contributed by atoms with Crippen molar-refractivity contribution in [3.63, 3.8) is 0 Å². The van der Waals surface area contributed by atoms with Crippen molar-refractivity contribution in [1.29, 1.82) is 0 Å². The molecular formula is C48H55F2N17O8. The van der Waals surface area contributed by atoms with Gasteiger partial charge in [-0.15, -0.1) is 0 Å². The summed E-state index contributed by atoms with van der Waals surface area (Å²) in [5.41, 5.74) is 30.3. The highest BCUT2D eigenvalue weighted by Gasteiger charge is 2.36. The monoisotopic (exact) mass is 1040 g/mol. The SMILES string of the molecule is COc1cncc(-c2cc(F)ccc2[C@H]2Cc3nc(N)nc(C)c3C(NOCC3NCC(O)C3O)=N2)n1.COc1nc(-c2cc(F)ccc2[C@H]2Cc3nc(N)nc(C)c3C(NOCC3NCC(O)C3O)=N2)cnc1N. The van der Waals surface area contributed by atoms with E-state index in [1.54, 1.807) is 26.0 Å². The number of nitrogen functional groups attached to an aromatic ring is 3. The van der Waals surface area contributed by atoms with Gasteiger partial charge in [-0.3, -0.25) is 24.6 Å². The summed E-state index contributed by atoms with van der Waals surface area (Å²) in [5.74, 6) is 0.583. The molecule has 14 N–H and O–H groups in total. The van der Waals surface area contributed by atoms with Crippen LogP contribution in [0, 0.1) is 25.5 Å². The fourth-order valence-corrected chi connectivity index (χ4v) is 9.23. The number of hydroxylamine groups is 2. The number of aliphatic hydroxyl groups excluding tert-OH is 4. The first-order chi connectivity index (χ1) is 36.1. The van der Waals surface area contributed by atoms with Crippen molar-refractivity contribution in [2.45, 2.75) is 75.3 Å². The van der Waals surface area contributed by atoms with Gasteiger partial charge in [-0.25, -0.2) is 54.6 Å². The maximum atomic E-state index is 14.4. The molecule has 25 nitrogen and oxygen atoms in total. The number of ether oxygens (including phenoxy) is 2. The van der Waals surface area contributed by atoms with E-state index in [1.807, 2.05) is 0 Å². The van der Waals surface area contributed by atoms with E-state index in [9.17, 15) is 29.2 Å². The zero-order chi connectivity index (χ0) is 53.1. The summed E-state index contributed by atoms with van der Waals surface area (Å²) in [6, 6.07) is 6.77. The first kappa shape index (κ1) is 52.1. The van der Waals surface area contributed by atoms with E-state index in [4.69, 9.17) is 46.3 Å². The van der Waals surface area contributed by atoms with Gasteiger partial charge in [0, 0.05) is 37.1 Å². The second kappa shape index (κ2) is 22.4. The molecule has 0 spiro atoms. The summed E-state index contributed by atoms with van der Waals surface area (Å²) < 4.78 is 39.1. The number of hydrogen-bond donors (Lipinski definition) is 11. The number of nitrogens with two attached hydrogens (primary N) is 3. The molecule has 394 valence electrons. The van der Waals surface area contributed by atoms with E-state index in [-0.39, 0.29) is 49.9 Å². The molecule has 6 unspecified atom stereocenters. The van der Waals surface area contributed by atoms with E-state index in [2.05, 4.69) is 61.5 Å². The number of aromatic nitrogens is 8. The molecule has 8 heterocycles. The number of amidine groups is 2. The van der Waals surface area contributed by atoms with Gasteiger partial charge in [0.05, 0.1) is 140 Å². The number of nitrogens with one attached hydrogen (secondary N) is 4. The van der Waals surface area contributed by atoms with Crippen LogP contribution in [0.2, 0.25) is 0 Å². The number of methoxy groups -OCH3 is 2. The molecule has 0 radical (unpaired) electrons. The zero-order valence-corrected chi connectivity index (χ0v) is 40.9. The number of anilines is 3. The number of hydrogen-bond acceptors (Lipinski definition) is 25. The average molecular weight is 1040 g/mol. The molecule has 0 bridgehead atoms. The third-order valence-corrected chi connectivity index (χ3v) is 12.9. The number of aliphatic hydroxyl groups is 4. The Labute approximate surface area is 427 Å². The molecule has 27 heteroatoms. The maximum absolute atomic E-state index is 14.4. The Morgan fingerprint density at radius 3 is 1.59 bits per heavy atom. The van der Waals surface area contributed by atoms with Crippen LogP contribution >= 0.6 is 0 Å². The highest BCUT2D eigenvalue weighted by atomic mass is 19.1. The normalized spacial score (nSPS) is 22.7. The van der Waals surface area contributed by atoms with Crippen molar-refractivity contribution in [2.24, 2.45) is 9.98 Å². The number of aliphatic imine (C=N–C) groups is 2. The van der Waals surface area contributed by atoms with Gasteiger partial charge in [-0.2, -0.15) is 0 Å². The number of aryl methyl sites for hydroxylation is 2. The average Bonchev–Trinajstić information content (AvgIpc) is 3.89. The molecule has 2 saturated heterocycles. The first-order valence-corrected chi connectivity index (χ1v) is 23.6. The van der Waals surface area contributed by atoms with Gasteiger partial charge in [0.2, 0.25) is 17.8 Å². The molecule has 2 aromatic carbocycles. The number of nitrogens with zero attached hydrogens (tertiary/aromatic N) is 10. The Balaban J connectivity index is 0.000000184. The van der Waals surface area contributed by atoms with Gasteiger partial charge >= 0.3 is 0 Å². The lowest BCUT2D eigenvalue weighted by Crippen LogP contribution is -2.41. The number of benzene rings is 2. The van der Waals surface area contributed by atoms with Crippen molar-refractivity contribution >= 4 is 29.4 Å². The molecule has 6 aromatic rings. The van der Waals surface area contributed by atoms with Crippen LogP contribution in [0.25, 0.3) is 22.5 Å². The molecule has 4 aromatic heterocycles. The first-order valence-electron chi connectivity index (χ1n) is 23.6. The Kier molecular flexibility index (Phi) is 15.6. The molecule has 4 aliphatic rings. The van der Waals surface area contributed by atoms with Crippen molar-refractivity contribution in [1.82, 2.24) is 61.5 Å². The van der Waals surface area contributed by atoms with Gasteiger partial charge in [0.1, 0.15) is 11.6 Å². The highest BCUT2D eigenvalue weighted by Crippen LogP contribution is 2.38. The lowest BCUT2D eigenvalue weighted by Gasteiger charge is -2.26. The van der Waals surface area contributed by atoms with E-state index < -0.39 is 60.2 Å². The summed E-state index contributed by atoms with van der Waals surface area (Å²) in [5, 5.41) is 45.7. The Bertz CT molecular complexity index is 3140. The standard InChI is InChI=1S/C24H28FN9O4.C24H27FN8O4/c1-10-19-15(33-24(27)30-10)6-14(31-22(19)34-38-9-17-20(36)18(35)8-28-17)12-4-3-11(25)5-13(12)16-7-29-21(26)23(32-16)37-2;1-11-21-16(32-24(26)29-11)6-15(31-23(21)33-37-10-18-22(35)19(34)8-28-18)13-4-3-12(25)5-14(13)17-7-27-9-20(30-17)36-2/h3-5,7,14,17-18,20,28,35-36H,6,8-9H2,1-2H3,(H2,26,29)(H,31,34)(H2,27,30,33);3-5,7,9,15,18-19,22,28,34-35H,6,8,10H2,1-2H3,(H,31,33)(H2,26,29,32)/t14-,17?,18?,20?;15-,18?,19?,22?/m11/s1. The summed E-state index contributed by atoms with van der Waals surface area (Å²) in [7, 11) is 2.90. The van der Waals surface area contributed by atoms with Gasteiger partial charge in [-0.1, -0.05) is 12.1 Å². The van der Waals surface area contributed by atoms with Crippen LogP contribution in [-0.4, -0.2) is 149 Å². The lowest BCUT2D eigenvalue weighted by molar-refractivity contribution is 0.00232. The lowest BCUT2D eigenvalue weighted by atomic mass is 9.91. The quantitative estimate of drug-likeness (QED) is 0.0721. The molecule has 8 atom stereocenters. The predicted molar refractivity (Wildman–Crippen MR) is 266 cm³/mol. The zero-order valence-electron chi connectivity index (χ0n) is 40.9. The van der Waals surface area contributed by atoms with Crippen LogP contribution in [0.3, 0.4) is 0 Å². The number of fused-ring (bicyclic) bond motifs is 2. The highest BCUT2D eigenvalue weighted by molar-refractivity contribution is 6.02. The fourth-order valence-electron chi connectivity index (χ4n) is 9.23. The molecule has 4 aliphatic heterocycles. The molecule has 0 amide bonds. The van der Waals surface area contributed by atoms with Crippen LogP contribution in [0.1, 0.15) is 57.1 Å². The van der Waals surface area contributed by atoms with Crippen LogP contribution in [0.15, 0.2) is 65.0 Å². The van der Waals surface area contributed by atoms with Gasteiger partial charge < -0.3 is 57.7 Å². The Morgan fingerprint density at radius 1 is 0.640 bits per heavy atom. The number of β-amino-alcohol motifs (C(OH)–C–C–N with tert-alkyl or cyclic N) is 2. The van der Waals surface area contributed by atoms with E-state index in [0.717, 1.165) is 0 Å². The molecule has 2 fully saturated rings. The molecule has 0 aliphatic carbocycles. The van der Waals surface area contributed by atoms with Crippen molar-refractivity contribution in [3.8, 4) is 34.3 Å². The third-order valence-electron chi connectivity index (χ3n) is 12.9. The van der Waals surface area contributed by atoms with Crippen molar-refractivity contribution in [2.75, 3.05) is 57.7 Å². The summed E-state index contributed by atoms with van der Waals surface area (Å²) in [4.78, 5) is 55.5. The van der Waals surface area contributed by atoms with E-state index in [1.165, 1.54) is 57.1 Å². The number of halogens is 2. The smallest absolute Gasteiger partial charge is 0.257 e.